The molecule has 2 aromatic heterocycles. The Labute approximate surface area is 179 Å². The van der Waals surface area contributed by atoms with Crippen LogP contribution < -0.4 is 15.0 Å². The summed E-state index contributed by atoms with van der Waals surface area (Å²) in [7, 11) is -2.04. The largest absolute Gasteiger partial charge is 0.421 e. The molecule has 0 aliphatic rings. The molecule has 0 fully saturated rings. The van der Waals surface area contributed by atoms with Crippen molar-refractivity contribution in [2.24, 2.45) is 7.05 Å². The fraction of sp³-hybridized carbons (Fsp3) is 0.286. The van der Waals surface area contributed by atoms with Gasteiger partial charge in [-0.15, -0.1) is 0 Å². The smallest absolute Gasteiger partial charge is 0.324 e. The monoisotopic (exact) mass is 446 g/mol. The van der Waals surface area contributed by atoms with Gasteiger partial charge in [0.15, 0.2) is 11.6 Å². The first kappa shape index (κ1) is 22.4. The molecule has 3 rings (SSSR count). The van der Waals surface area contributed by atoms with Crippen LogP contribution in [-0.4, -0.2) is 28.7 Å². The minimum Gasteiger partial charge on any atom is -0.421 e. The zero-order chi connectivity index (χ0) is 22.9. The Kier molecular flexibility index (Phi) is 6.12. The van der Waals surface area contributed by atoms with Gasteiger partial charge in [-0.3, -0.25) is 9.52 Å². The van der Waals surface area contributed by atoms with Crippen LogP contribution >= 0.6 is 0 Å². The van der Waals surface area contributed by atoms with E-state index in [4.69, 9.17) is 4.74 Å². The second kappa shape index (κ2) is 8.46. The van der Waals surface area contributed by atoms with E-state index < -0.39 is 15.8 Å². The van der Waals surface area contributed by atoms with Crippen molar-refractivity contribution in [1.29, 1.82) is 0 Å². The van der Waals surface area contributed by atoms with E-state index in [0.717, 1.165) is 0 Å². The van der Waals surface area contributed by atoms with Gasteiger partial charge in [-0.1, -0.05) is 12.1 Å². The molecule has 10 heteroatoms. The van der Waals surface area contributed by atoms with Gasteiger partial charge in [0.1, 0.15) is 5.82 Å². The maximum absolute atomic E-state index is 14.3. The number of sulfonamides is 1. The van der Waals surface area contributed by atoms with Crippen LogP contribution in [0.3, 0.4) is 0 Å². The Morgan fingerprint density at radius 2 is 1.87 bits per heavy atom. The number of ether oxygens (including phenoxy) is 1. The molecule has 1 aromatic carbocycles. The predicted molar refractivity (Wildman–Crippen MR) is 116 cm³/mol. The van der Waals surface area contributed by atoms with Crippen molar-refractivity contribution in [2.45, 2.75) is 27.7 Å². The van der Waals surface area contributed by atoms with Gasteiger partial charge in [-0.25, -0.2) is 12.8 Å². The summed E-state index contributed by atoms with van der Waals surface area (Å²) in [4.78, 5) is 20.7. The Morgan fingerprint density at radius 1 is 1.16 bits per heavy atom. The van der Waals surface area contributed by atoms with E-state index in [0.29, 0.717) is 27.9 Å². The summed E-state index contributed by atoms with van der Waals surface area (Å²) in [6, 6.07) is 5.88. The summed E-state index contributed by atoms with van der Waals surface area (Å²) >= 11 is 0. The third-order valence-corrected chi connectivity index (χ3v) is 6.02. The molecule has 164 valence electrons. The third kappa shape index (κ3) is 4.74. The van der Waals surface area contributed by atoms with E-state index in [1.54, 1.807) is 52.2 Å². The van der Waals surface area contributed by atoms with Crippen LogP contribution in [0.25, 0.3) is 11.3 Å². The van der Waals surface area contributed by atoms with E-state index in [1.165, 1.54) is 17.6 Å². The predicted octanol–water partition coefficient (Wildman–Crippen LogP) is 3.46. The zero-order valence-electron chi connectivity index (χ0n) is 17.9. The Morgan fingerprint density at radius 3 is 2.48 bits per heavy atom. The molecule has 31 heavy (non-hydrogen) atoms. The highest BCUT2D eigenvalue weighted by Crippen LogP contribution is 2.32. The van der Waals surface area contributed by atoms with Crippen LogP contribution in [0, 0.1) is 26.6 Å². The summed E-state index contributed by atoms with van der Waals surface area (Å²) in [5, 5.41) is 0. The van der Waals surface area contributed by atoms with Crippen molar-refractivity contribution in [3.8, 4) is 23.0 Å². The number of hydrogen-bond donors (Lipinski definition) is 1. The molecule has 0 spiro atoms. The number of aryl methyl sites for hydroxylation is 3. The molecule has 0 aliphatic heterocycles. The SMILES string of the molecule is CCS(=O)(=O)Nc1nc(Oc2c(C)cccc2F)nc(-c2cc(C)c(=O)n(C)c2)c1C. The standard InChI is InChI=1S/C21H23FN4O4S/c1-6-31(28,29)25-19-14(4)17(15-10-13(3)20(27)26(5)11-15)23-21(24-19)30-18-12(2)8-7-9-16(18)22/h7-11H,6H2,1-5H3,(H,23,24,25). The van der Waals surface area contributed by atoms with Crippen LogP contribution in [0.5, 0.6) is 11.8 Å². The number of aromatic nitrogens is 3. The maximum Gasteiger partial charge on any atom is 0.324 e. The fourth-order valence-corrected chi connectivity index (χ4v) is 3.62. The Bertz CT molecular complexity index is 1270. The molecule has 0 saturated carbocycles. The average molecular weight is 447 g/mol. The molecule has 3 aromatic rings. The van der Waals surface area contributed by atoms with Gasteiger partial charge in [0, 0.05) is 29.9 Å². The first-order valence-corrected chi connectivity index (χ1v) is 11.2. The van der Waals surface area contributed by atoms with Crippen molar-refractivity contribution in [3.05, 3.63) is 63.3 Å². The van der Waals surface area contributed by atoms with Crippen molar-refractivity contribution in [1.82, 2.24) is 14.5 Å². The number of halogens is 1. The van der Waals surface area contributed by atoms with E-state index in [1.807, 2.05) is 0 Å². The lowest BCUT2D eigenvalue weighted by Crippen LogP contribution is -2.19. The lowest BCUT2D eigenvalue weighted by Gasteiger charge is -2.16. The summed E-state index contributed by atoms with van der Waals surface area (Å²) in [6.45, 7) is 6.49. The van der Waals surface area contributed by atoms with E-state index >= 15 is 0 Å². The van der Waals surface area contributed by atoms with Gasteiger partial charge in [0.2, 0.25) is 10.0 Å². The molecule has 0 unspecified atom stereocenters. The van der Waals surface area contributed by atoms with Crippen molar-refractivity contribution in [2.75, 3.05) is 10.5 Å². The third-order valence-electron chi connectivity index (χ3n) is 4.75. The molecular formula is C21H23FN4O4S. The zero-order valence-corrected chi connectivity index (χ0v) is 18.7. The molecule has 0 saturated heterocycles. The second-order valence-electron chi connectivity index (χ2n) is 7.15. The van der Waals surface area contributed by atoms with Crippen LogP contribution in [0.15, 0.2) is 35.3 Å². The summed E-state index contributed by atoms with van der Waals surface area (Å²) in [5.41, 5.74) is 2.20. The van der Waals surface area contributed by atoms with Gasteiger partial charge < -0.3 is 9.30 Å². The van der Waals surface area contributed by atoms with Crippen molar-refractivity contribution >= 4 is 15.8 Å². The second-order valence-corrected chi connectivity index (χ2v) is 9.16. The molecule has 0 amide bonds. The molecule has 8 nitrogen and oxygen atoms in total. The van der Waals surface area contributed by atoms with Crippen LogP contribution in [-0.2, 0) is 17.1 Å². The molecule has 0 aliphatic carbocycles. The van der Waals surface area contributed by atoms with Crippen LogP contribution in [0.2, 0.25) is 0 Å². The number of para-hydroxylation sites is 1. The summed E-state index contributed by atoms with van der Waals surface area (Å²) in [6.07, 6.45) is 1.58. The summed E-state index contributed by atoms with van der Waals surface area (Å²) < 4.78 is 48.1. The minimum atomic E-state index is -3.65. The number of nitrogens with one attached hydrogen (secondary N) is 1. The summed E-state index contributed by atoms with van der Waals surface area (Å²) in [5.74, 6) is -0.798. The van der Waals surface area contributed by atoms with Crippen LogP contribution in [0.1, 0.15) is 23.6 Å². The van der Waals surface area contributed by atoms with Crippen LogP contribution in [0.4, 0.5) is 10.2 Å². The van der Waals surface area contributed by atoms with Crippen molar-refractivity contribution in [3.63, 3.8) is 0 Å². The van der Waals surface area contributed by atoms with Crippen molar-refractivity contribution < 1.29 is 17.5 Å². The lowest BCUT2D eigenvalue weighted by atomic mass is 10.1. The minimum absolute atomic E-state index is 0.0161. The van der Waals surface area contributed by atoms with Gasteiger partial charge >= 0.3 is 6.01 Å². The van der Waals surface area contributed by atoms with Gasteiger partial charge in [-0.2, -0.15) is 9.97 Å². The lowest BCUT2D eigenvalue weighted by molar-refractivity contribution is 0.409. The Hall–Kier alpha value is -3.27. The molecule has 2 heterocycles. The maximum atomic E-state index is 14.3. The Balaban J connectivity index is 2.22. The van der Waals surface area contributed by atoms with E-state index in [2.05, 4.69) is 14.7 Å². The molecule has 0 radical (unpaired) electrons. The highest BCUT2D eigenvalue weighted by molar-refractivity contribution is 7.92. The molecule has 0 bridgehead atoms. The first-order chi connectivity index (χ1) is 14.5. The highest BCUT2D eigenvalue weighted by Gasteiger charge is 2.20. The van der Waals surface area contributed by atoms with E-state index in [-0.39, 0.29) is 28.9 Å². The quantitative estimate of drug-likeness (QED) is 0.622. The van der Waals surface area contributed by atoms with E-state index in [9.17, 15) is 17.6 Å². The first-order valence-electron chi connectivity index (χ1n) is 9.52. The topological polar surface area (TPSA) is 103 Å². The number of nitrogens with zero attached hydrogens (tertiary/aromatic N) is 3. The normalized spacial score (nSPS) is 11.4. The fourth-order valence-electron chi connectivity index (χ4n) is 2.99. The number of benzene rings is 1. The molecule has 1 N–H and O–H groups in total. The number of anilines is 1. The number of rotatable bonds is 6. The van der Waals surface area contributed by atoms with Gasteiger partial charge in [0.25, 0.3) is 5.56 Å². The molecule has 0 atom stereocenters. The average Bonchev–Trinajstić information content (AvgIpc) is 2.70. The highest BCUT2D eigenvalue weighted by atomic mass is 32.2. The van der Waals surface area contributed by atoms with Gasteiger partial charge in [0.05, 0.1) is 11.4 Å². The number of hydrogen-bond acceptors (Lipinski definition) is 6. The van der Waals surface area contributed by atoms with Gasteiger partial charge in [-0.05, 0) is 45.4 Å². The number of pyridine rings is 1. The molecular weight excluding hydrogens is 423 g/mol.